The fourth-order valence-electron chi connectivity index (χ4n) is 1.81. The van der Waals surface area contributed by atoms with Crippen LogP contribution in [-0.4, -0.2) is 12.5 Å². The van der Waals surface area contributed by atoms with E-state index in [9.17, 15) is 9.18 Å². The topological polar surface area (TPSA) is 55.1 Å². The number of hydrogen-bond acceptors (Lipinski definition) is 2. The van der Waals surface area contributed by atoms with Crippen molar-refractivity contribution in [1.82, 2.24) is 5.32 Å². The van der Waals surface area contributed by atoms with Crippen molar-refractivity contribution in [3.05, 3.63) is 64.4 Å². The molecule has 2 aromatic rings. The maximum atomic E-state index is 13.5. The van der Waals surface area contributed by atoms with Gasteiger partial charge in [-0.2, -0.15) is 0 Å². The number of halogens is 2. The van der Waals surface area contributed by atoms with Gasteiger partial charge in [-0.25, -0.2) is 4.39 Å². The summed E-state index contributed by atoms with van der Waals surface area (Å²) in [4.78, 5) is 11.9. The normalized spacial score (nSPS) is 10.3. The highest BCUT2D eigenvalue weighted by Gasteiger charge is 2.14. The van der Waals surface area contributed by atoms with E-state index in [-0.39, 0.29) is 10.6 Å². The van der Waals surface area contributed by atoms with Crippen molar-refractivity contribution in [2.45, 2.75) is 6.42 Å². The van der Waals surface area contributed by atoms with E-state index in [1.165, 1.54) is 18.2 Å². The Morgan fingerprint density at radius 3 is 2.55 bits per heavy atom. The Balaban J connectivity index is 1.94. The number of nitrogen functional groups attached to an aromatic ring is 1. The molecule has 0 aliphatic rings. The summed E-state index contributed by atoms with van der Waals surface area (Å²) >= 11 is 5.82. The van der Waals surface area contributed by atoms with Gasteiger partial charge in [-0.05, 0) is 36.2 Å². The summed E-state index contributed by atoms with van der Waals surface area (Å²) in [5, 5.41) is 2.76. The van der Waals surface area contributed by atoms with Crippen LogP contribution in [0.1, 0.15) is 15.9 Å². The minimum atomic E-state index is -0.623. The average molecular weight is 293 g/mol. The molecule has 104 valence electrons. The Bertz CT molecular complexity index is 594. The molecule has 5 heteroatoms. The summed E-state index contributed by atoms with van der Waals surface area (Å²) < 4.78 is 13.5. The summed E-state index contributed by atoms with van der Waals surface area (Å²) in [7, 11) is 0. The second-order valence-electron chi connectivity index (χ2n) is 4.34. The van der Waals surface area contributed by atoms with E-state index in [2.05, 4.69) is 5.32 Å². The molecule has 2 aromatic carbocycles. The van der Waals surface area contributed by atoms with Crippen molar-refractivity contribution < 1.29 is 9.18 Å². The molecule has 0 spiro atoms. The molecule has 0 unspecified atom stereocenters. The third kappa shape index (κ3) is 3.48. The van der Waals surface area contributed by atoms with Crippen molar-refractivity contribution in [3.63, 3.8) is 0 Å². The number of nitrogens with one attached hydrogen (secondary N) is 1. The maximum Gasteiger partial charge on any atom is 0.255 e. The van der Waals surface area contributed by atoms with E-state index < -0.39 is 11.7 Å². The van der Waals surface area contributed by atoms with Gasteiger partial charge in [0, 0.05) is 12.2 Å². The van der Waals surface area contributed by atoms with Crippen LogP contribution >= 0.6 is 11.6 Å². The van der Waals surface area contributed by atoms with E-state index in [1.54, 1.807) is 12.1 Å². The monoisotopic (exact) mass is 292 g/mol. The number of anilines is 1. The van der Waals surface area contributed by atoms with Crippen LogP contribution < -0.4 is 11.1 Å². The standard InChI is InChI=1S/C15H14ClFN2O/c16-12-2-1-3-13(17)14(12)15(20)19-9-8-10-4-6-11(18)7-5-10/h1-7H,8-9,18H2,(H,19,20). The fourth-order valence-corrected chi connectivity index (χ4v) is 2.06. The molecule has 1 amide bonds. The predicted octanol–water partition coefficient (Wildman–Crippen LogP) is 3.03. The lowest BCUT2D eigenvalue weighted by Crippen LogP contribution is -2.26. The second-order valence-corrected chi connectivity index (χ2v) is 4.75. The molecule has 0 aliphatic carbocycles. The zero-order chi connectivity index (χ0) is 14.5. The number of amides is 1. The molecule has 0 aliphatic heterocycles. The lowest BCUT2D eigenvalue weighted by atomic mass is 10.1. The number of carbonyl (C=O) groups excluding carboxylic acids is 1. The van der Waals surface area contributed by atoms with Gasteiger partial charge >= 0.3 is 0 Å². The summed E-state index contributed by atoms with van der Waals surface area (Å²) in [5.41, 5.74) is 7.20. The lowest BCUT2D eigenvalue weighted by Gasteiger charge is -2.08. The molecule has 0 atom stereocenters. The lowest BCUT2D eigenvalue weighted by molar-refractivity contribution is 0.0950. The zero-order valence-electron chi connectivity index (χ0n) is 10.7. The molecule has 3 nitrogen and oxygen atoms in total. The Morgan fingerprint density at radius 1 is 1.20 bits per heavy atom. The number of benzene rings is 2. The van der Waals surface area contributed by atoms with Gasteiger partial charge in [-0.1, -0.05) is 29.8 Å². The Labute approximate surface area is 121 Å². The third-order valence-corrected chi connectivity index (χ3v) is 3.18. The maximum absolute atomic E-state index is 13.5. The smallest absolute Gasteiger partial charge is 0.255 e. The largest absolute Gasteiger partial charge is 0.399 e. The number of hydrogen-bond donors (Lipinski definition) is 2. The van der Waals surface area contributed by atoms with Crippen LogP contribution in [0, 0.1) is 5.82 Å². The van der Waals surface area contributed by atoms with Gasteiger partial charge in [0.05, 0.1) is 10.6 Å². The van der Waals surface area contributed by atoms with Gasteiger partial charge < -0.3 is 11.1 Å². The first kappa shape index (κ1) is 14.3. The molecule has 3 N–H and O–H groups in total. The van der Waals surface area contributed by atoms with E-state index in [0.29, 0.717) is 18.7 Å². The van der Waals surface area contributed by atoms with E-state index in [0.717, 1.165) is 5.56 Å². The van der Waals surface area contributed by atoms with E-state index >= 15 is 0 Å². The second kappa shape index (κ2) is 6.39. The van der Waals surface area contributed by atoms with Crippen molar-refractivity contribution in [2.75, 3.05) is 12.3 Å². The van der Waals surface area contributed by atoms with Crippen molar-refractivity contribution in [1.29, 1.82) is 0 Å². The Kier molecular flexibility index (Phi) is 4.58. The summed E-state index contributed by atoms with van der Waals surface area (Å²) in [6.07, 6.45) is 0.637. The van der Waals surface area contributed by atoms with Gasteiger partial charge in [0.2, 0.25) is 0 Å². The van der Waals surface area contributed by atoms with Crippen LogP contribution in [0.15, 0.2) is 42.5 Å². The first-order valence-corrected chi connectivity index (χ1v) is 6.52. The highest BCUT2D eigenvalue weighted by Crippen LogP contribution is 2.18. The van der Waals surface area contributed by atoms with Crippen LogP contribution in [0.25, 0.3) is 0 Å². The molecule has 0 aromatic heterocycles. The molecular weight excluding hydrogens is 279 g/mol. The first-order valence-electron chi connectivity index (χ1n) is 6.14. The molecule has 0 heterocycles. The van der Waals surface area contributed by atoms with E-state index in [4.69, 9.17) is 17.3 Å². The molecule has 0 saturated carbocycles. The average Bonchev–Trinajstić information content (AvgIpc) is 2.41. The summed E-state index contributed by atoms with van der Waals surface area (Å²) in [6.45, 7) is 0.396. The van der Waals surface area contributed by atoms with Crippen LogP contribution in [0.4, 0.5) is 10.1 Å². The molecule has 0 radical (unpaired) electrons. The molecule has 0 saturated heterocycles. The summed E-state index contributed by atoms with van der Waals surface area (Å²) in [6, 6.07) is 11.5. The Morgan fingerprint density at radius 2 is 1.90 bits per heavy atom. The molecular formula is C15H14ClFN2O. The molecule has 0 fully saturated rings. The highest BCUT2D eigenvalue weighted by atomic mass is 35.5. The Hall–Kier alpha value is -2.07. The van der Waals surface area contributed by atoms with Gasteiger partial charge in [0.25, 0.3) is 5.91 Å². The predicted molar refractivity (Wildman–Crippen MR) is 78.3 cm³/mol. The van der Waals surface area contributed by atoms with Gasteiger partial charge in [-0.15, -0.1) is 0 Å². The van der Waals surface area contributed by atoms with Crippen molar-refractivity contribution >= 4 is 23.2 Å². The van der Waals surface area contributed by atoms with Crippen molar-refractivity contribution in [2.24, 2.45) is 0 Å². The van der Waals surface area contributed by atoms with Gasteiger partial charge in [0.15, 0.2) is 0 Å². The molecule has 0 bridgehead atoms. The highest BCUT2D eigenvalue weighted by molar-refractivity contribution is 6.33. The van der Waals surface area contributed by atoms with Crippen LogP contribution in [0.5, 0.6) is 0 Å². The number of rotatable bonds is 4. The van der Waals surface area contributed by atoms with Crippen molar-refractivity contribution in [3.8, 4) is 0 Å². The first-order chi connectivity index (χ1) is 9.58. The van der Waals surface area contributed by atoms with Crippen LogP contribution in [0.2, 0.25) is 5.02 Å². The quantitative estimate of drug-likeness (QED) is 0.851. The minimum Gasteiger partial charge on any atom is -0.399 e. The summed E-state index contributed by atoms with van der Waals surface area (Å²) in [5.74, 6) is -1.13. The van der Waals surface area contributed by atoms with E-state index in [1.807, 2.05) is 12.1 Å². The van der Waals surface area contributed by atoms with Gasteiger partial charge in [0.1, 0.15) is 5.82 Å². The van der Waals surface area contributed by atoms with Crippen LogP contribution in [0.3, 0.4) is 0 Å². The molecule has 20 heavy (non-hydrogen) atoms. The third-order valence-electron chi connectivity index (χ3n) is 2.87. The number of carbonyl (C=O) groups is 1. The zero-order valence-corrected chi connectivity index (χ0v) is 11.5. The minimum absolute atomic E-state index is 0.106. The fraction of sp³-hybridized carbons (Fsp3) is 0.133. The number of nitrogens with two attached hydrogens (primary N) is 1. The SMILES string of the molecule is Nc1ccc(CCNC(=O)c2c(F)cccc2Cl)cc1. The molecule has 2 rings (SSSR count). The van der Waals surface area contributed by atoms with Crippen LogP contribution in [-0.2, 0) is 6.42 Å². The van der Waals surface area contributed by atoms with Gasteiger partial charge in [-0.3, -0.25) is 4.79 Å².